The van der Waals surface area contributed by atoms with Crippen LogP contribution < -0.4 is 11.1 Å². The van der Waals surface area contributed by atoms with Gasteiger partial charge in [-0.3, -0.25) is 9.59 Å². The van der Waals surface area contributed by atoms with Crippen molar-refractivity contribution < 1.29 is 9.59 Å². The number of hydrogen-bond acceptors (Lipinski definition) is 2. The zero-order valence-electron chi connectivity index (χ0n) is 7.39. The molecule has 68 valence electrons. The topological polar surface area (TPSA) is 72.2 Å². The van der Waals surface area contributed by atoms with Crippen LogP contribution in [0.2, 0.25) is 0 Å². The van der Waals surface area contributed by atoms with E-state index in [9.17, 15) is 9.59 Å². The van der Waals surface area contributed by atoms with E-state index < -0.39 is 11.4 Å². The van der Waals surface area contributed by atoms with Crippen molar-refractivity contribution in [3.63, 3.8) is 0 Å². The number of β-lactam (4-membered cyclic amide) rings is 1. The van der Waals surface area contributed by atoms with E-state index in [1.165, 1.54) is 0 Å². The molecule has 0 bridgehead atoms. The van der Waals surface area contributed by atoms with Crippen LogP contribution in [0.3, 0.4) is 0 Å². The zero-order valence-corrected chi connectivity index (χ0v) is 7.39. The third-order valence-electron chi connectivity index (χ3n) is 2.07. The lowest BCUT2D eigenvalue weighted by atomic mass is 9.79. The van der Waals surface area contributed by atoms with Crippen LogP contribution in [-0.2, 0) is 9.59 Å². The monoisotopic (exact) mass is 170 g/mol. The van der Waals surface area contributed by atoms with Crippen LogP contribution in [0.1, 0.15) is 26.7 Å². The van der Waals surface area contributed by atoms with Gasteiger partial charge in [0, 0.05) is 0 Å². The van der Waals surface area contributed by atoms with Gasteiger partial charge in [0.2, 0.25) is 11.8 Å². The molecule has 0 radical (unpaired) electrons. The van der Waals surface area contributed by atoms with Gasteiger partial charge in [-0.25, -0.2) is 0 Å². The van der Waals surface area contributed by atoms with E-state index in [1.54, 1.807) is 0 Å². The third-order valence-corrected chi connectivity index (χ3v) is 2.07. The lowest BCUT2D eigenvalue weighted by molar-refractivity contribution is -0.143. The maximum Gasteiger partial charge on any atom is 0.243 e. The average Bonchev–Trinajstić information content (AvgIpc) is 1.81. The summed E-state index contributed by atoms with van der Waals surface area (Å²) < 4.78 is 0. The van der Waals surface area contributed by atoms with E-state index in [-0.39, 0.29) is 12.3 Å². The Kier molecular flexibility index (Phi) is 2.08. The van der Waals surface area contributed by atoms with E-state index in [4.69, 9.17) is 5.73 Å². The predicted molar refractivity (Wildman–Crippen MR) is 44.1 cm³/mol. The van der Waals surface area contributed by atoms with E-state index in [1.807, 2.05) is 13.8 Å². The molecule has 0 saturated carbocycles. The minimum atomic E-state index is -0.745. The number of carbonyl (C=O) groups excluding carboxylic acids is 2. The van der Waals surface area contributed by atoms with Gasteiger partial charge in [0.1, 0.15) is 5.54 Å². The molecule has 1 atom stereocenters. The molecule has 0 aromatic carbocycles. The molecule has 0 aliphatic carbocycles. The predicted octanol–water partition coefficient (Wildman–Crippen LogP) is -0.223. The minimum absolute atomic E-state index is 0.0885. The van der Waals surface area contributed by atoms with Gasteiger partial charge in [-0.1, -0.05) is 13.8 Å². The number of primary amides is 1. The van der Waals surface area contributed by atoms with Gasteiger partial charge >= 0.3 is 0 Å². The first kappa shape index (κ1) is 9.03. The maximum absolute atomic E-state index is 11.0. The Labute approximate surface area is 71.5 Å². The molecule has 1 unspecified atom stereocenters. The van der Waals surface area contributed by atoms with E-state index >= 15 is 0 Å². The summed E-state index contributed by atoms with van der Waals surface area (Å²) in [6.07, 6.45) is 0.884. The second-order valence-electron chi connectivity index (χ2n) is 3.77. The van der Waals surface area contributed by atoms with Gasteiger partial charge < -0.3 is 11.1 Å². The summed E-state index contributed by atoms with van der Waals surface area (Å²) in [5, 5.41) is 2.57. The fraction of sp³-hybridized carbons (Fsp3) is 0.750. The van der Waals surface area contributed by atoms with Crippen molar-refractivity contribution in [1.82, 2.24) is 5.32 Å². The van der Waals surface area contributed by atoms with E-state index in [2.05, 4.69) is 5.32 Å². The van der Waals surface area contributed by atoms with Crippen molar-refractivity contribution in [3.8, 4) is 0 Å². The summed E-state index contributed by atoms with van der Waals surface area (Å²) in [5.41, 5.74) is 4.44. The first-order valence-electron chi connectivity index (χ1n) is 4.07. The van der Waals surface area contributed by atoms with E-state index in [0.717, 1.165) is 0 Å². The number of nitrogens with one attached hydrogen (secondary N) is 1. The van der Waals surface area contributed by atoms with Gasteiger partial charge in [0.15, 0.2) is 0 Å². The van der Waals surface area contributed by atoms with Crippen LogP contribution in [0.15, 0.2) is 0 Å². The first-order chi connectivity index (χ1) is 5.46. The lowest BCUT2D eigenvalue weighted by Crippen LogP contribution is -2.68. The molecule has 4 heteroatoms. The number of hydrogen-bond donors (Lipinski definition) is 2. The van der Waals surface area contributed by atoms with Crippen LogP contribution in [0.25, 0.3) is 0 Å². The summed E-state index contributed by atoms with van der Waals surface area (Å²) >= 11 is 0. The zero-order chi connectivity index (χ0) is 9.35. The van der Waals surface area contributed by atoms with Crippen molar-refractivity contribution in [1.29, 1.82) is 0 Å². The summed E-state index contributed by atoms with van der Waals surface area (Å²) in [7, 11) is 0. The quantitative estimate of drug-likeness (QED) is 0.574. The molecular formula is C8H14N2O2. The normalized spacial score (nSPS) is 28.1. The van der Waals surface area contributed by atoms with Crippen LogP contribution in [0, 0.1) is 5.92 Å². The summed E-state index contributed by atoms with van der Waals surface area (Å²) in [5.74, 6) is -0.150. The van der Waals surface area contributed by atoms with Gasteiger partial charge in [-0.05, 0) is 12.3 Å². The fourth-order valence-corrected chi connectivity index (χ4v) is 1.59. The molecule has 0 aromatic rings. The SMILES string of the molecule is CC(C)CC1(C(N)=O)CC(=O)N1. The van der Waals surface area contributed by atoms with Crippen LogP contribution in [0.5, 0.6) is 0 Å². The Bertz CT molecular complexity index is 215. The van der Waals surface area contributed by atoms with Gasteiger partial charge in [-0.15, -0.1) is 0 Å². The second-order valence-corrected chi connectivity index (χ2v) is 3.77. The van der Waals surface area contributed by atoms with Gasteiger partial charge in [0.25, 0.3) is 0 Å². The highest BCUT2D eigenvalue weighted by molar-refractivity contribution is 6.00. The Morgan fingerprint density at radius 3 is 2.50 bits per heavy atom. The lowest BCUT2D eigenvalue weighted by Gasteiger charge is -2.40. The molecule has 4 nitrogen and oxygen atoms in total. The first-order valence-corrected chi connectivity index (χ1v) is 4.07. The Balaban J connectivity index is 2.63. The average molecular weight is 170 g/mol. The highest BCUT2D eigenvalue weighted by Crippen LogP contribution is 2.27. The standard InChI is InChI=1S/C8H14N2O2/c1-5(2)3-8(7(9)12)4-6(11)10-8/h5H,3-4H2,1-2H3,(H2,9,12)(H,10,11). The Morgan fingerprint density at radius 2 is 2.25 bits per heavy atom. The fourth-order valence-electron chi connectivity index (χ4n) is 1.59. The highest BCUT2D eigenvalue weighted by atomic mass is 16.2. The molecule has 1 saturated heterocycles. The highest BCUT2D eigenvalue weighted by Gasteiger charge is 2.48. The van der Waals surface area contributed by atoms with Crippen molar-refractivity contribution in [2.75, 3.05) is 0 Å². The molecule has 1 heterocycles. The molecule has 1 rings (SSSR count). The van der Waals surface area contributed by atoms with Crippen LogP contribution in [0.4, 0.5) is 0 Å². The molecular weight excluding hydrogens is 156 g/mol. The summed E-state index contributed by atoms with van der Waals surface area (Å²) in [6.45, 7) is 3.99. The van der Waals surface area contributed by atoms with Gasteiger partial charge in [-0.2, -0.15) is 0 Å². The van der Waals surface area contributed by atoms with Crippen molar-refractivity contribution in [2.45, 2.75) is 32.2 Å². The van der Waals surface area contributed by atoms with Crippen molar-refractivity contribution >= 4 is 11.8 Å². The Hall–Kier alpha value is -1.06. The molecule has 12 heavy (non-hydrogen) atoms. The number of rotatable bonds is 3. The molecule has 2 amide bonds. The number of nitrogens with two attached hydrogens (primary N) is 1. The van der Waals surface area contributed by atoms with Crippen LogP contribution >= 0.6 is 0 Å². The molecule has 0 aromatic heterocycles. The van der Waals surface area contributed by atoms with Gasteiger partial charge in [0.05, 0.1) is 6.42 Å². The molecule has 3 N–H and O–H groups in total. The molecule has 0 spiro atoms. The summed E-state index contributed by atoms with van der Waals surface area (Å²) in [4.78, 5) is 21.7. The van der Waals surface area contributed by atoms with Crippen LogP contribution in [-0.4, -0.2) is 17.4 Å². The minimum Gasteiger partial charge on any atom is -0.368 e. The smallest absolute Gasteiger partial charge is 0.243 e. The third kappa shape index (κ3) is 1.42. The maximum atomic E-state index is 11.0. The van der Waals surface area contributed by atoms with Crippen molar-refractivity contribution in [3.05, 3.63) is 0 Å². The molecule has 1 aliphatic heterocycles. The molecule has 1 aliphatic rings. The molecule has 1 fully saturated rings. The number of carbonyl (C=O) groups is 2. The Morgan fingerprint density at radius 1 is 1.75 bits per heavy atom. The largest absolute Gasteiger partial charge is 0.368 e. The second kappa shape index (κ2) is 2.77. The van der Waals surface area contributed by atoms with E-state index in [0.29, 0.717) is 12.3 Å². The van der Waals surface area contributed by atoms with Crippen molar-refractivity contribution in [2.24, 2.45) is 11.7 Å². The number of amides is 2. The summed E-state index contributed by atoms with van der Waals surface area (Å²) in [6, 6.07) is 0.